The Balaban J connectivity index is 1.83. The van der Waals surface area contributed by atoms with Crippen LogP contribution >= 0.6 is 11.8 Å². The zero-order chi connectivity index (χ0) is 22.2. The van der Waals surface area contributed by atoms with Crippen LogP contribution in [-0.2, 0) is 0 Å². The highest BCUT2D eigenvalue weighted by molar-refractivity contribution is 8.13. The van der Waals surface area contributed by atoms with Crippen molar-refractivity contribution in [3.8, 4) is 17.2 Å². The van der Waals surface area contributed by atoms with Gasteiger partial charge in [0.1, 0.15) is 17.2 Å². The molecule has 5 nitrogen and oxygen atoms in total. The van der Waals surface area contributed by atoms with Gasteiger partial charge in [-0.3, -0.25) is 0 Å². The number of phenolic OH excluding ortho intramolecular Hbond substituents is 1. The van der Waals surface area contributed by atoms with Crippen LogP contribution in [0.2, 0.25) is 0 Å². The fraction of sp³-hybridized carbons (Fsp3) is 0.400. The van der Waals surface area contributed by atoms with E-state index in [0.717, 1.165) is 46.4 Å². The van der Waals surface area contributed by atoms with E-state index in [1.807, 2.05) is 31.2 Å². The van der Waals surface area contributed by atoms with Crippen molar-refractivity contribution in [2.24, 2.45) is 4.99 Å². The topological polar surface area (TPSA) is 63.1 Å². The molecule has 0 radical (unpaired) electrons. The monoisotopic (exact) mass is 438 g/mol. The summed E-state index contributed by atoms with van der Waals surface area (Å²) < 4.78 is 12.0. The molecular formula is C25H30N2O3S. The molecule has 2 aliphatic rings. The molecule has 0 unspecified atom stereocenters. The second kappa shape index (κ2) is 8.15. The Morgan fingerprint density at radius 1 is 1.29 bits per heavy atom. The number of fused-ring (bicyclic) bond motifs is 1. The molecule has 31 heavy (non-hydrogen) atoms. The summed E-state index contributed by atoms with van der Waals surface area (Å²) in [7, 11) is 1.67. The summed E-state index contributed by atoms with van der Waals surface area (Å²) in [5, 5.41) is 14.8. The molecule has 2 aliphatic heterocycles. The molecule has 0 saturated carbocycles. The number of aromatic hydroxyl groups is 1. The van der Waals surface area contributed by atoms with Gasteiger partial charge in [-0.15, -0.1) is 6.58 Å². The number of nitrogens with one attached hydrogen (secondary N) is 1. The Morgan fingerprint density at radius 2 is 2.03 bits per heavy atom. The molecule has 0 aromatic heterocycles. The fourth-order valence-corrected chi connectivity index (χ4v) is 5.42. The predicted octanol–water partition coefficient (Wildman–Crippen LogP) is 5.37. The highest BCUT2D eigenvalue weighted by Gasteiger charge is 2.48. The zero-order valence-electron chi connectivity index (χ0n) is 18.6. The van der Waals surface area contributed by atoms with E-state index in [0.29, 0.717) is 0 Å². The number of amidine groups is 1. The molecule has 0 saturated heterocycles. The van der Waals surface area contributed by atoms with Crippen molar-refractivity contribution in [2.75, 3.05) is 12.9 Å². The Bertz CT molecular complexity index is 1020. The van der Waals surface area contributed by atoms with E-state index < -0.39 is 5.72 Å². The van der Waals surface area contributed by atoms with Crippen molar-refractivity contribution < 1.29 is 14.6 Å². The van der Waals surface area contributed by atoms with Gasteiger partial charge in [-0.25, -0.2) is 4.99 Å². The predicted molar refractivity (Wildman–Crippen MR) is 128 cm³/mol. The van der Waals surface area contributed by atoms with E-state index in [-0.39, 0.29) is 17.2 Å². The van der Waals surface area contributed by atoms with Crippen LogP contribution in [0.15, 0.2) is 54.0 Å². The minimum Gasteiger partial charge on any atom is -0.508 e. The van der Waals surface area contributed by atoms with E-state index in [4.69, 9.17) is 14.5 Å². The molecule has 0 aliphatic carbocycles. The number of phenols is 1. The van der Waals surface area contributed by atoms with E-state index in [1.54, 1.807) is 24.9 Å². The van der Waals surface area contributed by atoms with Crippen LogP contribution in [0.5, 0.6) is 17.2 Å². The lowest BCUT2D eigenvalue weighted by Crippen LogP contribution is -2.57. The van der Waals surface area contributed by atoms with Gasteiger partial charge in [-0.05, 0) is 44.5 Å². The Kier molecular flexibility index (Phi) is 5.69. The van der Waals surface area contributed by atoms with Crippen LogP contribution in [0.25, 0.3) is 0 Å². The first-order valence-corrected chi connectivity index (χ1v) is 11.5. The molecule has 2 aromatic carbocycles. The van der Waals surface area contributed by atoms with Gasteiger partial charge in [0.05, 0.1) is 7.11 Å². The number of aliphatic imine (C=N–C) groups is 1. The smallest absolute Gasteiger partial charge is 0.206 e. The Labute approximate surface area is 188 Å². The van der Waals surface area contributed by atoms with Crippen LogP contribution in [0, 0.1) is 6.92 Å². The average Bonchev–Trinajstić information content (AvgIpc) is 2.73. The summed E-state index contributed by atoms with van der Waals surface area (Å²) in [6.45, 7) is 10.1. The van der Waals surface area contributed by atoms with Crippen molar-refractivity contribution in [3.05, 3.63) is 65.7 Å². The van der Waals surface area contributed by atoms with E-state index in [1.165, 1.54) is 5.56 Å². The lowest BCUT2D eigenvalue weighted by molar-refractivity contribution is 0.0126. The highest BCUT2D eigenvalue weighted by Crippen LogP contribution is 2.51. The lowest BCUT2D eigenvalue weighted by atomic mass is 9.77. The van der Waals surface area contributed by atoms with Crippen molar-refractivity contribution in [3.63, 3.8) is 0 Å². The quantitative estimate of drug-likeness (QED) is 0.629. The second-order valence-electron chi connectivity index (χ2n) is 8.91. The molecule has 2 aromatic rings. The van der Waals surface area contributed by atoms with Gasteiger partial charge in [0.2, 0.25) is 5.72 Å². The van der Waals surface area contributed by atoms with Gasteiger partial charge in [-0.2, -0.15) is 0 Å². The first-order valence-electron chi connectivity index (χ1n) is 10.5. The van der Waals surface area contributed by atoms with E-state index in [2.05, 4.69) is 37.9 Å². The molecule has 2 heterocycles. The number of rotatable bonds is 4. The maximum Gasteiger partial charge on any atom is 0.206 e. The molecule has 2 N–H and O–H groups in total. The molecule has 0 amide bonds. The summed E-state index contributed by atoms with van der Waals surface area (Å²) in [4.78, 5) is 5.08. The van der Waals surface area contributed by atoms with Crippen LogP contribution in [-0.4, -0.2) is 34.4 Å². The summed E-state index contributed by atoms with van der Waals surface area (Å²) in [6, 6.07) is 11.9. The largest absolute Gasteiger partial charge is 0.508 e. The van der Waals surface area contributed by atoms with Gasteiger partial charge < -0.3 is 19.9 Å². The van der Waals surface area contributed by atoms with Crippen LogP contribution in [0.4, 0.5) is 0 Å². The summed E-state index contributed by atoms with van der Waals surface area (Å²) in [5.41, 5.74) is 2.12. The van der Waals surface area contributed by atoms with Crippen molar-refractivity contribution >= 4 is 16.9 Å². The summed E-state index contributed by atoms with van der Waals surface area (Å²) in [6.07, 6.45) is 3.32. The molecule has 1 spiro atoms. The third-order valence-corrected chi connectivity index (χ3v) is 6.79. The fourth-order valence-electron chi connectivity index (χ4n) is 4.57. The van der Waals surface area contributed by atoms with Crippen LogP contribution in [0.1, 0.15) is 49.3 Å². The molecule has 4 rings (SSSR count). The molecular weight excluding hydrogens is 408 g/mol. The normalized spacial score (nSPS) is 23.9. The minimum absolute atomic E-state index is 0.0947. The van der Waals surface area contributed by atoms with Gasteiger partial charge in [-0.1, -0.05) is 36.0 Å². The molecule has 2 atom stereocenters. The zero-order valence-corrected chi connectivity index (χ0v) is 19.4. The number of thioether (sulfide) groups is 1. The van der Waals surface area contributed by atoms with Gasteiger partial charge in [0.15, 0.2) is 5.17 Å². The SMILES string of the molecule is C=CCSC1=N[C@@]2(C[C@@H](c3ccc(OC)cc3)c3ccc(O)c(C)c3O2)CC(C)(C)N1. The van der Waals surface area contributed by atoms with Crippen molar-refractivity contribution in [2.45, 2.75) is 50.8 Å². The van der Waals surface area contributed by atoms with Gasteiger partial charge in [0.25, 0.3) is 0 Å². The highest BCUT2D eigenvalue weighted by atomic mass is 32.2. The lowest BCUT2D eigenvalue weighted by Gasteiger charge is -2.47. The summed E-state index contributed by atoms with van der Waals surface area (Å²) in [5.74, 6) is 2.68. The first-order chi connectivity index (χ1) is 14.8. The van der Waals surface area contributed by atoms with Gasteiger partial charge in [0, 0.05) is 41.2 Å². The number of hydrogen-bond acceptors (Lipinski definition) is 6. The molecule has 0 bridgehead atoms. The number of methoxy groups -OCH3 is 1. The third kappa shape index (κ3) is 4.26. The number of benzene rings is 2. The molecule has 0 fully saturated rings. The van der Waals surface area contributed by atoms with Crippen molar-refractivity contribution in [1.29, 1.82) is 0 Å². The standard InChI is InChI=1S/C25H30N2O3S/c1-6-13-31-23-26-24(3,4)15-25(27-23)14-20(17-7-9-18(29-5)10-8-17)19-11-12-21(28)16(2)22(19)30-25/h6-12,20,28H,1,13-15H2,2-5H3,(H,26,27)/t20-,25+/m0/s1. The van der Waals surface area contributed by atoms with Gasteiger partial charge >= 0.3 is 0 Å². The molecule has 164 valence electrons. The Hall–Kier alpha value is -2.60. The average molecular weight is 439 g/mol. The summed E-state index contributed by atoms with van der Waals surface area (Å²) >= 11 is 1.63. The number of nitrogens with zero attached hydrogens (tertiary/aromatic N) is 1. The van der Waals surface area contributed by atoms with Crippen LogP contribution in [0.3, 0.4) is 0 Å². The maximum atomic E-state index is 10.4. The number of hydrogen-bond donors (Lipinski definition) is 2. The molecule has 6 heteroatoms. The maximum absolute atomic E-state index is 10.4. The minimum atomic E-state index is -0.714. The van der Waals surface area contributed by atoms with Crippen LogP contribution < -0.4 is 14.8 Å². The van der Waals surface area contributed by atoms with E-state index >= 15 is 0 Å². The third-order valence-electron chi connectivity index (χ3n) is 5.92. The van der Waals surface area contributed by atoms with Crippen molar-refractivity contribution in [1.82, 2.24) is 5.32 Å². The number of ether oxygens (including phenoxy) is 2. The second-order valence-corrected chi connectivity index (χ2v) is 9.92. The van der Waals surface area contributed by atoms with E-state index in [9.17, 15) is 5.11 Å². The first kappa shape index (κ1) is 21.6. The Morgan fingerprint density at radius 3 is 2.71 bits per heavy atom.